The van der Waals surface area contributed by atoms with E-state index in [1.807, 2.05) is 0 Å². The van der Waals surface area contributed by atoms with E-state index in [9.17, 15) is 9.90 Å². The Bertz CT molecular complexity index is 440. The highest BCUT2D eigenvalue weighted by Crippen LogP contribution is 2.60. The normalized spacial score (nSPS) is 41.9. The quantitative estimate of drug-likeness (QED) is 0.625. The lowest BCUT2D eigenvalue weighted by atomic mass is 9.52. The minimum atomic E-state index is -0.452. The van der Waals surface area contributed by atoms with Crippen molar-refractivity contribution < 1.29 is 19.4 Å². The molecule has 0 amide bonds. The summed E-state index contributed by atoms with van der Waals surface area (Å²) in [6.07, 6.45) is 5.56. The maximum Gasteiger partial charge on any atom is 0.333 e. The van der Waals surface area contributed by atoms with Crippen molar-refractivity contribution >= 4 is 5.97 Å². The zero-order valence-corrected chi connectivity index (χ0v) is 13.1. The second-order valence-electron chi connectivity index (χ2n) is 7.66. The number of ether oxygens (including phenoxy) is 2. The second kappa shape index (κ2) is 5.10. The summed E-state index contributed by atoms with van der Waals surface area (Å²) in [5.41, 5.74) is -0.0976. The van der Waals surface area contributed by atoms with Crippen LogP contribution >= 0.6 is 0 Å². The molecule has 118 valence electrons. The van der Waals surface area contributed by atoms with Crippen molar-refractivity contribution in [3.8, 4) is 0 Å². The third-order valence-electron chi connectivity index (χ3n) is 5.24. The third kappa shape index (κ3) is 2.88. The van der Waals surface area contributed by atoms with Gasteiger partial charge in [0.15, 0.2) is 0 Å². The molecule has 1 N–H and O–H groups in total. The van der Waals surface area contributed by atoms with E-state index in [4.69, 9.17) is 9.47 Å². The molecule has 0 saturated heterocycles. The van der Waals surface area contributed by atoms with Crippen LogP contribution < -0.4 is 0 Å². The van der Waals surface area contributed by atoms with Gasteiger partial charge < -0.3 is 14.6 Å². The minimum Gasteiger partial charge on any atom is -0.456 e. The van der Waals surface area contributed by atoms with Gasteiger partial charge in [-0.25, -0.2) is 4.79 Å². The van der Waals surface area contributed by atoms with Crippen LogP contribution in [0.5, 0.6) is 0 Å². The Morgan fingerprint density at radius 1 is 1.29 bits per heavy atom. The fourth-order valence-corrected chi connectivity index (χ4v) is 4.97. The summed E-state index contributed by atoms with van der Waals surface area (Å²) in [6, 6.07) is 0. The highest BCUT2D eigenvalue weighted by Gasteiger charge is 2.60. The van der Waals surface area contributed by atoms with Crippen molar-refractivity contribution in [3.05, 3.63) is 12.2 Å². The van der Waals surface area contributed by atoms with Crippen LogP contribution in [-0.2, 0) is 14.3 Å². The fourth-order valence-electron chi connectivity index (χ4n) is 4.97. The molecule has 21 heavy (non-hydrogen) atoms. The fraction of sp³-hybridized carbons (Fsp3) is 0.824. The number of aliphatic hydroxyl groups excluding tert-OH is 1. The molecule has 0 radical (unpaired) electrons. The van der Waals surface area contributed by atoms with Crippen LogP contribution in [0.1, 0.15) is 52.4 Å². The van der Waals surface area contributed by atoms with E-state index in [1.165, 1.54) is 6.42 Å². The van der Waals surface area contributed by atoms with Gasteiger partial charge in [-0.3, -0.25) is 0 Å². The van der Waals surface area contributed by atoms with Crippen molar-refractivity contribution in [2.75, 3.05) is 6.61 Å². The second-order valence-corrected chi connectivity index (χ2v) is 7.66. The smallest absolute Gasteiger partial charge is 0.333 e. The van der Waals surface area contributed by atoms with Crippen molar-refractivity contribution in [2.45, 2.75) is 69.7 Å². The number of carbonyl (C=O) groups excluding carboxylic acids is 1. The Morgan fingerprint density at radius 2 is 1.86 bits per heavy atom. The zero-order chi connectivity index (χ0) is 15.3. The molecule has 4 saturated carbocycles. The van der Waals surface area contributed by atoms with E-state index in [-0.39, 0.29) is 17.2 Å². The average Bonchev–Trinajstić information content (AvgIpc) is 2.34. The Labute approximate surface area is 126 Å². The van der Waals surface area contributed by atoms with E-state index in [0.29, 0.717) is 24.0 Å². The SMILES string of the molecule is C=C(C)C(=O)OC12CC3CC(CC(OCC(C)O)(C3)C1)C2. The van der Waals surface area contributed by atoms with Crippen LogP contribution in [-0.4, -0.2) is 35.0 Å². The minimum absolute atomic E-state index is 0.198. The molecule has 0 aliphatic heterocycles. The molecule has 4 rings (SSSR count). The van der Waals surface area contributed by atoms with Gasteiger partial charge in [0.05, 0.1) is 18.3 Å². The van der Waals surface area contributed by atoms with Crippen LogP contribution in [0.3, 0.4) is 0 Å². The summed E-state index contributed by atoms with van der Waals surface area (Å²) < 4.78 is 12.0. The highest BCUT2D eigenvalue weighted by molar-refractivity contribution is 5.87. The molecule has 0 aromatic carbocycles. The molecular weight excluding hydrogens is 268 g/mol. The number of rotatable bonds is 5. The molecule has 4 aliphatic carbocycles. The van der Waals surface area contributed by atoms with Gasteiger partial charge in [-0.15, -0.1) is 0 Å². The summed E-state index contributed by atoms with van der Waals surface area (Å²) in [7, 11) is 0. The zero-order valence-electron chi connectivity index (χ0n) is 13.1. The maximum absolute atomic E-state index is 12.0. The lowest BCUT2D eigenvalue weighted by Gasteiger charge is -2.60. The van der Waals surface area contributed by atoms with Crippen LogP contribution in [0.4, 0.5) is 0 Å². The summed E-state index contributed by atoms with van der Waals surface area (Å²) in [4.78, 5) is 12.0. The molecule has 4 aliphatic rings. The van der Waals surface area contributed by atoms with E-state index in [2.05, 4.69) is 6.58 Å². The monoisotopic (exact) mass is 294 g/mol. The van der Waals surface area contributed by atoms with Crippen LogP contribution in [0.15, 0.2) is 12.2 Å². The molecule has 4 nitrogen and oxygen atoms in total. The van der Waals surface area contributed by atoms with E-state index < -0.39 is 6.10 Å². The Morgan fingerprint density at radius 3 is 2.38 bits per heavy atom. The van der Waals surface area contributed by atoms with E-state index in [1.54, 1.807) is 13.8 Å². The predicted octanol–water partition coefficient (Wildman–Crippen LogP) is 2.59. The molecule has 3 unspecified atom stereocenters. The predicted molar refractivity (Wildman–Crippen MR) is 78.7 cm³/mol. The molecule has 0 heterocycles. The number of hydrogen-bond donors (Lipinski definition) is 1. The van der Waals surface area contributed by atoms with Gasteiger partial charge in [-0.2, -0.15) is 0 Å². The first-order valence-electron chi connectivity index (χ1n) is 8.02. The van der Waals surface area contributed by atoms with Gasteiger partial charge in [-0.05, 0) is 57.8 Å². The van der Waals surface area contributed by atoms with E-state index in [0.717, 1.165) is 32.1 Å². The average molecular weight is 294 g/mol. The van der Waals surface area contributed by atoms with Gasteiger partial charge in [-0.1, -0.05) is 6.58 Å². The lowest BCUT2D eigenvalue weighted by molar-refractivity contribution is -0.236. The van der Waals surface area contributed by atoms with Crippen LogP contribution in [0, 0.1) is 11.8 Å². The lowest BCUT2D eigenvalue weighted by Crippen LogP contribution is -2.61. The summed E-state index contributed by atoms with van der Waals surface area (Å²) in [5, 5.41) is 9.51. The molecule has 4 bridgehead atoms. The Kier molecular flexibility index (Phi) is 3.65. The molecule has 3 atom stereocenters. The first kappa shape index (κ1) is 15.0. The van der Waals surface area contributed by atoms with Crippen molar-refractivity contribution in [1.82, 2.24) is 0 Å². The summed E-state index contributed by atoms with van der Waals surface area (Å²) >= 11 is 0. The van der Waals surface area contributed by atoms with Crippen molar-refractivity contribution in [3.63, 3.8) is 0 Å². The third-order valence-corrected chi connectivity index (χ3v) is 5.24. The number of hydrogen-bond acceptors (Lipinski definition) is 4. The van der Waals surface area contributed by atoms with Gasteiger partial charge in [0, 0.05) is 12.0 Å². The number of aliphatic hydroxyl groups is 1. The Hall–Kier alpha value is -0.870. The Balaban J connectivity index is 1.78. The van der Waals surface area contributed by atoms with E-state index >= 15 is 0 Å². The van der Waals surface area contributed by atoms with Crippen molar-refractivity contribution in [1.29, 1.82) is 0 Å². The summed E-state index contributed by atoms with van der Waals surface area (Å²) in [5.74, 6) is 0.888. The topological polar surface area (TPSA) is 55.8 Å². The summed E-state index contributed by atoms with van der Waals surface area (Å²) in [6.45, 7) is 7.50. The largest absolute Gasteiger partial charge is 0.456 e. The highest BCUT2D eigenvalue weighted by atomic mass is 16.6. The van der Waals surface area contributed by atoms with Gasteiger partial charge >= 0.3 is 5.97 Å². The standard InChI is InChI=1S/C17H26O4/c1-11(2)15(19)21-17-7-13-4-14(8-17)6-16(5-13,10-17)20-9-12(3)18/h12-14,18H,1,4-10H2,2-3H3. The van der Waals surface area contributed by atoms with Gasteiger partial charge in [0.1, 0.15) is 5.60 Å². The molecule has 0 spiro atoms. The first-order valence-corrected chi connectivity index (χ1v) is 8.02. The van der Waals surface area contributed by atoms with Crippen molar-refractivity contribution in [2.24, 2.45) is 11.8 Å². The molecular formula is C17H26O4. The molecule has 0 aromatic rings. The maximum atomic E-state index is 12.0. The first-order chi connectivity index (χ1) is 9.81. The molecule has 0 aromatic heterocycles. The van der Waals surface area contributed by atoms with Gasteiger partial charge in [0.2, 0.25) is 0 Å². The number of carbonyl (C=O) groups is 1. The van der Waals surface area contributed by atoms with Crippen LogP contribution in [0.25, 0.3) is 0 Å². The molecule has 4 fully saturated rings. The molecule has 4 heteroatoms. The van der Waals surface area contributed by atoms with Crippen LogP contribution in [0.2, 0.25) is 0 Å². The van der Waals surface area contributed by atoms with Gasteiger partial charge in [0.25, 0.3) is 0 Å². The number of esters is 1.